The molecule has 0 amide bonds. The van der Waals surface area contributed by atoms with Crippen LogP contribution in [0, 0.1) is 5.92 Å². The number of carbonyl (C=O) groups is 2. The molecule has 2 aromatic carbocycles. The van der Waals surface area contributed by atoms with Crippen molar-refractivity contribution >= 4 is 11.8 Å². The first-order valence-electron chi connectivity index (χ1n) is 12.6. The number of benzene rings is 2. The molecule has 0 radical (unpaired) electrons. The van der Waals surface area contributed by atoms with E-state index in [4.69, 9.17) is 14.6 Å². The van der Waals surface area contributed by atoms with Gasteiger partial charge in [0, 0.05) is 31.8 Å². The summed E-state index contributed by atoms with van der Waals surface area (Å²) in [6, 6.07) is 18.6. The van der Waals surface area contributed by atoms with Crippen LogP contribution in [-0.4, -0.2) is 60.2 Å². The van der Waals surface area contributed by atoms with Crippen LogP contribution in [0.15, 0.2) is 66.7 Å². The van der Waals surface area contributed by atoms with Crippen molar-refractivity contribution in [2.24, 2.45) is 5.92 Å². The minimum Gasteiger partial charge on any atom is -0.481 e. The Morgan fingerprint density at radius 1 is 1.03 bits per heavy atom. The zero-order chi connectivity index (χ0) is 24.5. The average molecular weight is 478 g/mol. The van der Waals surface area contributed by atoms with Crippen LogP contribution in [-0.2, 0) is 25.7 Å². The van der Waals surface area contributed by atoms with Crippen LogP contribution in [0.5, 0.6) is 0 Å². The number of unbranched alkanes of at least 4 members (excludes halogenated alkanes) is 1. The Morgan fingerprint density at radius 2 is 1.74 bits per heavy atom. The van der Waals surface area contributed by atoms with Crippen molar-refractivity contribution in [3.63, 3.8) is 0 Å². The lowest BCUT2D eigenvalue weighted by Crippen LogP contribution is -2.49. The maximum Gasteiger partial charge on any atom is 0.303 e. The second-order valence-corrected chi connectivity index (χ2v) is 9.33. The number of allylic oxidation sites excluding steroid dienone is 2. The van der Waals surface area contributed by atoms with E-state index in [1.807, 2.05) is 24.3 Å². The van der Waals surface area contributed by atoms with Crippen LogP contribution in [0.4, 0.5) is 0 Å². The fourth-order valence-corrected chi connectivity index (χ4v) is 5.08. The standard InChI is InChI=1S/C29H35NO5/c31-26-20-27(35-21-22-12-14-24(15-13-22)23-8-4-3-5-9-23)25(10-6-1-2-7-11-28(32)33)29(26)30-16-18-34-19-17-30/h1,3-6,8-9,12-15,25,27,29H,2,7,10-11,16-21H2,(H,32,33)/t25-,27-,29+/m0/s1. The predicted molar refractivity (Wildman–Crippen MR) is 135 cm³/mol. The Morgan fingerprint density at radius 3 is 2.46 bits per heavy atom. The molecule has 2 aliphatic rings. The molecule has 1 saturated carbocycles. The van der Waals surface area contributed by atoms with Crippen molar-refractivity contribution in [2.75, 3.05) is 26.3 Å². The van der Waals surface area contributed by atoms with Crippen LogP contribution in [0.2, 0.25) is 0 Å². The van der Waals surface area contributed by atoms with Gasteiger partial charge in [-0.1, -0.05) is 66.7 Å². The Bertz CT molecular complexity index is 982. The lowest BCUT2D eigenvalue weighted by atomic mass is 9.95. The first-order valence-corrected chi connectivity index (χ1v) is 12.6. The van der Waals surface area contributed by atoms with Gasteiger partial charge in [-0.25, -0.2) is 0 Å². The van der Waals surface area contributed by atoms with Gasteiger partial charge in [0.15, 0.2) is 5.78 Å². The van der Waals surface area contributed by atoms with Gasteiger partial charge in [-0.2, -0.15) is 0 Å². The fourth-order valence-electron chi connectivity index (χ4n) is 5.08. The number of ketones is 1. The minimum absolute atomic E-state index is 0.0833. The minimum atomic E-state index is -0.766. The third-order valence-corrected chi connectivity index (χ3v) is 6.92. The van der Waals surface area contributed by atoms with Crippen molar-refractivity contribution < 1.29 is 24.2 Å². The van der Waals surface area contributed by atoms with Crippen molar-refractivity contribution in [1.29, 1.82) is 0 Å². The molecule has 6 nitrogen and oxygen atoms in total. The van der Waals surface area contributed by atoms with Gasteiger partial charge < -0.3 is 14.6 Å². The topological polar surface area (TPSA) is 76.1 Å². The van der Waals surface area contributed by atoms with Gasteiger partial charge >= 0.3 is 5.97 Å². The summed E-state index contributed by atoms with van der Waals surface area (Å²) < 4.78 is 11.9. The molecule has 1 saturated heterocycles. The molecule has 6 heteroatoms. The second-order valence-electron chi connectivity index (χ2n) is 9.33. The highest BCUT2D eigenvalue weighted by atomic mass is 16.5. The third kappa shape index (κ3) is 7.10. The number of carbonyl (C=O) groups excluding carboxylic acids is 1. The first kappa shape index (κ1) is 25.3. The molecular weight excluding hydrogens is 442 g/mol. The summed E-state index contributed by atoms with van der Waals surface area (Å²) in [5.41, 5.74) is 3.45. The summed E-state index contributed by atoms with van der Waals surface area (Å²) in [7, 11) is 0. The molecule has 0 aromatic heterocycles. The summed E-state index contributed by atoms with van der Waals surface area (Å²) in [5.74, 6) is -0.432. The molecule has 186 valence electrons. The number of morpholine rings is 1. The molecule has 0 spiro atoms. The summed E-state index contributed by atoms with van der Waals surface area (Å²) in [4.78, 5) is 26.0. The van der Waals surface area contributed by atoms with Gasteiger partial charge in [-0.3, -0.25) is 14.5 Å². The van der Waals surface area contributed by atoms with Crippen molar-refractivity contribution in [3.8, 4) is 11.1 Å². The third-order valence-electron chi connectivity index (χ3n) is 6.92. The largest absolute Gasteiger partial charge is 0.481 e. The summed E-state index contributed by atoms with van der Waals surface area (Å²) in [6.07, 6.45) is 6.73. The normalized spacial score (nSPS) is 23.2. The van der Waals surface area contributed by atoms with Crippen molar-refractivity contribution in [1.82, 2.24) is 4.90 Å². The number of ether oxygens (including phenoxy) is 2. The highest BCUT2D eigenvalue weighted by Gasteiger charge is 2.45. The molecule has 2 aromatic rings. The molecule has 1 aliphatic carbocycles. The zero-order valence-corrected chi connectivity index (χ0v) is 20.2. The van der Waals surface area contributed by atoms with E-state index in [0.717, 1.165) is 31.5 Å². The van der Waals surface area contributed by atoms with E-state index in [9.17, 15) is 9.59 Å². The highest BCUT2D eigenvalue weighted by molar-refractivity contribution is 5.87. The molecule has 1 N–H and O–H groups in total. The average Bonchev–Trinajstić information content (AvgIpc) is 3.20. The first-order chi connectivity index (χ1) is 17.1. The maximum atomic E-state index is 13.1. The molecule has 1 aliphatic heterocycles. The lowest BCUT2D eigenvalue weighted by molar-refractivity contribution is -0.137. The van der Waals surface area contributed by atoms with Crippen molar-refractivity contribution in [3.05, 3.63) is 72.3 Å². The maximum absolute atomic E-state index is 13.1. The number of carboxylic acid groups (broad SMARTS) is 1. The number of Topliss-reactive ketones (excluding diaryl/α,β-unsaturated/α-hetero) is 1. The van der Waals surface area contributed by atoms with Crippen LogP contribution in [0.3, 0.4) is 0 Å². The molecule has 0 unspecified atom stereocenters. The van der Waals surface area contributed by atoms with Crippen molar-refractivity contribution in [2.45, 2.75) is 50.9 Å². The van der Waals surface area contributed by atoms with E-state index >= 15 is 0 Å². The van der Waals surface area contributed by atoms with Crippen LogP contribution in [0.25, 0.3) is 11.1 Å². The van der Waals surface area contributed by atoms with Crippen LogP contribution < -0.4 is 0 Å². The van der Waals surface area contributed by atoms with Gasteiger partial charge in [0.1, 0.15) is 0 Å². The van der Waals surface area contributed by atoms with Crippen LogP contribution in [0.1, 0.15) is 37.7 Å². The summed E-state index contributed by atoms with van der Waals surface area (Å²) in [6.45, 7) is 3.31. The van der Waals surface area contributed by atoms with Gasteiger partial charge in [0.25, 0.3) is 0 Å². The van der Waals surface area contributed by atoms with E-state index in [1.54, 1.807) is 0 Å². The van der Waals surface area contributed by atoms with Gasteiger partial charge in [-0.15, -0.1) is 0 Å². The van der Waals surface area contributed by atoms with E-state index in [0.29, 0.717) is 32.7 Å². The summed E-state index contributed by atoms with van der Waals surface area (Å²) >= 11 is 0. The highest BCUT2D eigenvalue weighted by Crippen LogP contribution is 2.34. The molecule has 35 heavy (non-hydrogen) atoms. The number of carboxylic acids is 1. The molecule has 1 heterocycles. The van der Waals surface area contributed by atoms with E-state index in [1.165, 1.54) is 11.1 Å². The quantitative estimate of drug-likeness (QED) is 0.373. The Labute approximate surface area is 207 Å². The van der Waals surface area contributed by atoms with Gasteiger partial charge in [0.05, 0.1) is 32.0 Å². The smallest absolute Gasteiger partial charge is 0.303 e. The molecule has 4 rings (SSSR count). The lowest BCUT2D eigenvalue weighted by Gasteiger charge is -2.35. The number of hydrogen-bond donors (Lipinski definition) is 1. The van der Waals surface area contributed by atoms with E-state index in [2.05, 4.69) is 47.4 Å². The second kappa shape index (κ2) is 12.8. The SMILES string of the molecule is O=C(O)CCCC=CC[C@H]1[C@@H](OCc2ccc(-c3ccccc3)cc2)CC(=O)[C@@H]1N1CCOCC1. The molecule has 2 fully saturated rings. The van der Waals surface area contributed by atoms with E-state index < -0.39 is 5.97 Å². The zero-order valence-electron chi connectivity index (χ0n) is 20.2. The van der Waals surface area contributed by atoms with Crippen LogP contribution >= 0.6 is 0 Å². The predicted octanol–water partition coefficient (Wildman–Crippen LogP) is 4.73. The number of aliphatic carboxylic acids is 1. The molecule has 0 bridgehead atoms. The molecule has 3 atom stereocenters. The Hall–Kier alpha value is -2.80. The van der Waals surface area contributed by atoms with E-state index in [-0.39, 0.29) is 30.3 Å². The monoisotopic (exact) mass is 477 g/mol. The number of rotatable bonds is 11. The van der Waals surface area contributed by atoms with Gasteiger partial charge in [-0.05, 0) is 36.0 Å². The number of nitrogens with zero attached hydrogens (tertiary/aromatic N) is 1. The molecular formula is C29H35NO5. The summed E-state index contributed by atoms with van der Waals surface area (Å²) in [5, 5.41) is 8.82. The Balaban J connectivity index is 1.38. The Kier molecular flexibility index (Phi) is 9.23. The fraction of sp³-hybridized carbons (Fsp3) is 0.448. The van der Waals surface area contributed by atoms with Gasteiger partial charge in [0.2, 0.25) is 0 Å². The number of hydrogen-bond acceptors (Lipinski definition) is 5.